The van der Waals surface area contributed by atoms with Gasteiger partial charge in [0, 0.05) is 0 Å². The molecule has 0 spiro atoms. The summed E-state index contributed by atoms with van der Waals surface area (Å²) in [6, 6.07) is 7.09. The second-order valence-electron chi connectivity index (χ2n) is 3.13. The summed E-state index contributed by atoms with van der Waals surface area (Å²) in [4.78, 5) is 0. The number of hydroxylamine groups is 1. The predicted octanol–water partition coefficient (Wildman–Crippen LogP) is 0.527. The lowest BCUT2D eigenvalue weighted by Gasteiger charge is -2.23. The Morgan fingerprint density at radius 2 is 1.92 bits per heavy atom. The van der Waals surface area contributed by atoms with Crippen LogP contribution in [-0.4, -0.2) is 23.8 Å². The van der Waals surface area contributed by atoms with Gasteiger partial charge in [0.1, 0.15) is 0 Å². The van der Waals surface area contributed by atoms with Crippen molar-refractivity contribution in [2.45, 2.75) is 19.9 Å². The van der Waals surface area contributed by atoms with E-state index in [4.69, 9.17) is 5.02 Å². The molecule has 0 heterocycles. The van der Waals surface area contributed by atoms with Gasteiger partial charge in [-0.3, -0.25) is 10.3 Å². The Morgan fingerprint density at radius 1 is 1.31 bits per heavy atom. The summed E-state index contributed by atoms with van der Waals surface area (Å²) in [5.74, 6) is 0. The van der Waals surface area contributed by atoms with Crippen LogP contribution in [0.1, 0.15) is 13.8 Å². The first-order valence-corrected chi connectivity index (χ1v) is 4.21. The first-order valence-electron chi connectivity index (χ1n) is 4.21. The van der Waals surface area contributed by atoms with Gasteiger partial charge >= 0.3 is 7.48 Å². The van der Waals surface area contributed by atoms with Crippen LogP contribution in [0.4, 0.5) is 5.69 Å². The Morgan fingerprint density at radius 3 is 2.46 bits per heavy atom. The quantitative estimate of drug-likeness (QED) is 0.524. The van der Waals surface area contributed by atoms with Crippen LogP contribution in [0.5, 0.6) is 0 Å². The fourth-order valence-corrected chi connectivity index (χ4v) is 1.08. The zero-order chi connectivity index (χ0) is 9.84. The highest BCUT2D eigenvalue weighted by Crippen LogP contribution is 2.10. The van der Waals surface area contributed by atoms with Crippen LogP contribution >= 0.6 is 0 Å². The maximum absolute atomic E-state index is 9.61. The van der Waals surface area contributed by atoms with E-state index in [-0.39, 0.29) is 6.04 Å². The Bertz CT molecular complexity index is 278. The molecule has 1 aromatic rings. The maximum atomic E-state index is 9.61. The van der Waals surface area contributed by atoms with Crippen molar-refractivity contribution in [3.8, 4) is 0 Å². The molecule has 0 aliphatic heterocycles. The van der Waals surface area contributed by atoms with Gasteiger partial charge in [0.15, 0.2) is 0 Å². The van der Waals surface area contributed by atoms with Crippen LogP contribution in [-0.2, 0) is 0 Å². The number of anilines is 1. The molecule has 1 aromatic carbocycles. The van der Waals surface area contributed by atoms with Gasteiger partial charge < -0.3 is 5.02 Å². The molecule has 13 heavy (non-hydrogen) atoms. The second kappa shape index (κ2) is 4.30. The largest absolute Gasteiger partial charge is 0.450 e. The summed E-state index contributed by atoms with van der Waals surface area (Å²) in [6.45, 7) is 3.74. The normalized spacial score (nSPS) is 10.2. The Balaban J connectivity index is 2.98. The number of nitrogens with zero attached hydrogens (tertiary/aromatic N) is 1. The van der Waals surface area contributed by atoms with Crippen LogP contribution in [0.15, 0.2) is 24.3 Å². The number of rotatable bonds is 3. The molecule has 1 radical (unpaired) electrons. The molecule has 0 saturated carbocycles. The maximum Gasteiger partial charge on any atom is 0.329 e. The van der Waals surface area contributed by atoms with E-state index in [1.807, 2.05) is 19.9 Å². The second-order valence-corrected chi connectivity index (χ2v) is 3.13. The number of para-hydroxylation sites is 1. The lowest BCUT2D eigenvalue weighted by atomic mass is 9.87. The van der Waals surface area contributed by atoms with E-state index in [0.29, 0.717) is 11.2 Å². The minimum Gasteiger partial charge on any atom is -0.450 e. The molecule has 2 N–H and O–H groups in total. The Kier molecular flexibility index (Phi) is 3.34. The average molecular weight is 178 g/mol. The van der Waals surface area contributed by atoms with Crippen LogP contribution in [0.3, 0.4) is 0 Å². The molecule has 0 unspecified atom stereocenters. The minimum absolute atomic E-state index is 0.0129. The number of benzene rings is 1. The van der Waals surface area contributed by atoms with E-state index >= 15 is 0 Å². The molecular formula is C9H13BNO2. The van der Waals surface area contributed by atoms with Gasteiger partial charge in [0.2, 0.25) is 0 Å². The molecule has 0 bridgehead atoms. The van der Waals surface area contributed by atoms with Crippen LogP contribution in [0.25, 0.3) is 0 Å². The van der Waals surface area contributed by atoms with Crippen molar-refractivity contribution in [3.63, 3.8) is 0 Å². The molecule has 0 saturated heterocycles. The third-order valence-corrected chi connectivity index (χ3v) is 1.81. The van der Waals surface area contributed by atoms with Gasteiger partial charge in [-0.05, 0) is 25.4 Å². The molecule has 0 aliphatic carbocycles. The zero-order valence-corrected chi connectivity index (χ0v) is 7.81. The molecular weight excluding hydrogens is 165 g/mol. The van der Waals surface area contributed by atoms with E-state index < -0.39 is 0 Å². The molecule has 0 fully saturated rings. The first-order chi connectivity index (χ1) is 6.16. The summed E-state index contributed by atoms with van der Waals surface area (Å²) in [5.41, 5.74) is 1.22. The summed E-state index contributed by atoms with van der Waals surface area (Å²) >= 11 is 0. The van der Waals surface area contributed by atoms with E-state index in [1.54, 1.807) is 18.2 Å². The Hall–Kier alpha value is -0.995. The first kappa shape index (κ1) is 10.1. The number of hydrogen-bond acceptors (Lipinski definition) is 3. The summed E-state index contributed by atoms with van der Waals surface area (Å²) in [5, 5.41) is 19.6. The molecule has 4 heteroatoms. The fourth-order valence-electron chi connectivity index (χ4n) is 1.08. The van der Waals surface area contributed by atoms with Gasteiger partial charge in [-0.2, -0.15) is 0 Å². The highest BCUT2D eigenvalue weighted by Gasteiger charge is 2.11. The summed E-state index contributed by atoms with van der Waals surface area (Å²) in [6.07, 6.45) is 0. The van der Waals surface area contributed by atoms with Crippen molar-refractivity contribution in [2.24, 2.45) is 0 Å². The lowest BCUT2D eigenvalue weighted by Crippen LogP contribution is -2.32. The lowest BCUT2D eigenvalue weighted by molar-refractivity contribution is 0.229. The summed E-state index contributed by atoms with van der Waals surface area (Å²) in [7, 11) is 0.987. The minimum atomic E-state index is -0.0129. The number of hydrogen-bond donors (Lipinski definition) is 2. The van der Waals surface area contributed by atoms with Gasteiger partial charge in [-0.25, -0.2) is 0 Å². The molecule has 0 amide bonds. The van der Waals surface area contributed by atoms with Crippen molar-refractivity contribution < 1.29 is 10.2 Å². The van der Waals surface area contributed by atoms with Crippen molar-refractivity contribution in [1.82, 2.24) is 0 Å². The molecule has 0 aliphatic rings. The highest BCUT2D eigenvalue weighted by atomic mass is 16.5. The molecule has 0 atom stereocenters. The Labute approximate surface area is 78.9 Å². The van der Waals surface area contributed by atoms with Gasteiger partial charge in [-0.15, -0.1) is 0 Å². The third-order valence-electron chi connectivity index (χ3n) is 1.81. The SMILES string of the molecule is CC(C)N(O)c1ccccc1[B]O. The van der Waals surface area contributed by atoms with Gasteiger partial charge in [-0.1, -0.05) is 18.2 Å². The van der Waals surface area contributed by atoms with Crippen molar-refractivity contribution in [3.05, 3.63) is 24.3 Å². The van der Waals surface area contributed by atoms with Crippen LogP contribution in [0, 0.1) is 0 Å². The van der Waals surface area contributed by atoms with Crippen molar-refractivity contribution in [2.75, 3.05) is 5.06 Å². The highest BCUT2D eigenvalue weighted by molar-refractivity contribution is 6.48. The van der Waals surface area contributed by atoms with Crippen molar-refractivity contribution in [1.29, 1.82) is 0 Å². The third kappa shape index (κ3) is 2.23. The standard InChI is InChI=1S/C9H13BNO2/c1-7(2)11(13)9-6-4-3-5-8(9)10-12/h3-7,12-13H,1-2H3. The molecule has 3 nitrogen and oxygen atoms in total. The van der Waals surface area contributed by atoms with E-state index in [9.17, 15) is 5.21 Å². The van der Waals surface area contributed by atoms with Gasteiger partial charge in [0.05, 0.1) is 11.7 Å². The average Bonchev–Trinajstić information content (AvgIpc) is 2.16. The molecule has 69 valence electrons. The van der Waals surface area contributed by atoms with Crippen LogP contribution < -0.4 is 10.5 Å². The fraction of sp³-hybridized carbons (Fsp3) is 0.333. The van der Waals surface area contributed by atoms with Gasteiger partial charge in [0.25, 0.3) is 0 Å². The van der Waals surface area contributed by atoms with Crippen molar-refractivity contribution >= 4 is 18.6 Å². The predicted molar refractivity (Wildman–Crippen MR) is 53.5 cm³/mol. The smallest absolute Gasteiger partial charge is 0.329 e. The van der Waals surface area contributed by atoms with E-state index in [0.717, 1.165) is 12.5 Å². The van der Waals surface area contributed by atoms with E-state index in [1.165, 1.54) is 0 Å². The topological polar surface area (TPSA) is 43.7 Å². The molecule has 1 rings (SSSR count). The zero-order valence-electron chi connectivity index (χ0n) is 7.81. The monoisotopic (exact) mass is 178 g/mol. The van der Waals surface area contributed by atoms with Crippen LogP contribution in [0.2, 0.25) is 0 Å². The van der Waals surface area contributed by atoms with E-state index in [2.05, 4.69) is 0 Å². The summed E-state index contributed by atoms with van der Waals surface area (Å²) < 4.78 is 0. The molecule has 0 aromatic heterocycles.